The van der Waals surface area contributed by atoms with Gasteiger partial charge in [0.15, 0.2) is 0 Å². The van der Waals surface area contributed by atoms with Gasteiger partial charge in [-0.05, 0) is 43.3 Å². The zero-order valence-corrected chi connectivity index (χ0v) is 14.1. The second-order valence-electron chi connectivity index (χ2n) is 7.34. The summed E-state index contributed by atoms with van der Waals surface area (Å²) < 4.78 is 0. The number of amides is 2. The van der Waals surface area contributed by atoms with E-state index in [0.717, 1.165) is 25.9 Å². The predicted octanol–water partition coefficient (Wildman–Crippen LogP) is 2.44. The number of rotatable bonds is 2. The number of carbonyl (C=O) groups excluding carboxylic acids is 2. The van der Waals surface area contributed by atoms with Crippen LogP contribution in [0, 0.1) is 16.0 Å². The molecule has 0 spiro atoms. The Balaban J connectivity index is 1.68. The molecular formula is C19H17N3O4. The van der Waals surface area contributed by atoms with E-state index in [2.05, 4.69) is 4.90 Å². The Morgan fingerprint density at radius 1 is 1.04 bits per heavy atom. The highest BCUT2D eigenvalue weighted by molar-refractivity contribution is 6.26. The minimum atomic E-state index is -0.495. The summed E-state index contributed by atoms with van der Waals surface area (Å²) in [5.41, 5.74) is 0.602. The molecular weight excluding hydrogens is 334 g/mol. The van der Waals surface area contributed by atoms with Gasteiger partial charge in [-0.2, -0.15) is 0 Å². The zero-order chi connectivity index (χ0) is 18.0. The lowest BCUT2D eigenvalue weighted by Crippen LogP contribution is -2.60. The molecule has 4 heterocycles. The van der Waals surface area contributed by atoms with Crippen LogP contribution in [0.4, 0.5) is 5.69 Å². The summed E-state index contributed by atoms with van der Waals surface area (Å²) in [5, 5.41) is 12.4. The SMILES string of the molecule is O=C1c2cccc3cc([N+](=O)[O-])cc(c23)C(=O)N1[C@@H]1CN2CCC1CC2. The summed E-state index contributed by atoms with van der Waals surface area (Å²) in [6, 6.07) is 7.72. The highest BCUT2D eigenvalue weighted by Gasteiger charge is 2.45. The highest BCUT2D eigenvalue weighted by atomic mass is 16.6. The highest BCUT2D eigenvalue weighted by Crippen LogP contribution is 2.38. The van der Waals surface area contributed by atoms with E-state index in [0.29, 0.717) is 28.8 Å². The first-order chi connectivity index (χ1) is 12.5. The topological polar surface area (TPSA) is 83.8 Å². The molecule has 4 aliphatic rings. The van der Waals surface area contributed by atoms with Crippen molar-refractivity contribution in [2.45, 2.75) is 18.9 Å². The van der Waals surface area contributed by atoms with Gasteiger partial charge in [0, 0.05) is 29.6 Å². The number of hydrogen-bond donors (Lipinski definition) is 0. The monoisotopic (exact) mass is 351 g/mol. The molecule has 0 radical (unpaired) electrons. The Hall–Kier alpha value is -2.80. The van der Waals surface area contributed by atoms with E-state index in [1.165, 1.54) is 17.0 Å². The van der Waals surface area contributed by atoms with Gasteiger partial charge in [0.1, 0.15) is 0 Å². The molecule has 7 nitrogen and oxygen atoms in total. The van der Waals surface area contributed by atoms with Crippen LogP contribution in [-0.2, 0) is 0 Å². The van der Waals surface area contributed by atoms with Gasteiger partial charge in [-0.15, -0.1) is 0 Å². The van der Waals surface area contributed by atoms with Gasteiger partial charge in [0.2, 0.25) is 0 Å². The van der Waals surface area contributed by atoms with Crippen molar-refractivity contribution in [3.8, 4) is 0 Å². The van der Waals surface area contributed by atoms with Crippen molar-refractivity contribution in [2.75, 3.05) is 19.6 Å². The number of carbonyl (C=O) groups is 2. The summed E-state index contributed by atoms with van der Waals surface area (Å²) in [6.07, 6.45) is 1.96. The third-order valence-corrected chi connectivity index (χ3v) is 6.02. The lowest BCUT2D eigenvalue weighted by molar-refractivity contribution is -0.384. The lowest BCUT2D eigenvalue weighted by atomic mass is 9.81. The molecule has 2 bridgehead atoms. The van der Waals surface area contributed by atoms with Crippen molar-refractivity contribution in [3.05, 3.63) is 51.6 Å². The van der Waals surface area contributed by atoms with Gasteiger partial charge in [0.25, 0.3) is 17.5 Å². The van der Waals surface area contributed by atoms with Crippen molar-refractivity contribution in [3.63, 3.8) is 0 Å². The van der Waals surface area contributed by atoms with E-state index >= 15 is 0 Å². The van der Waals surface area contributed by atoms with Crippen molar-refractivity contribution in [1.82, 2.24) is 9.80 Å². The molecule has 0 unspecified atom stereocenters. The van der Waals surface area contributed by atoms with Crippen molar-refractivity contribution in [2.24, 2.45) is 5.92 Å². The van der Waals surface area contributed by atoms with Crippen LogP contribution in [0.3, 0.4) is 0 Å². The number of imide groups is 1. The maximum Gasteiger partial charge on any atom is 0.270 e. The Bertz CT molecular complexity index is 978. The van der Waals surface area contributed by atoms with Crippen LogP contribution >= 0.6 is 0 Å². The molecule has 2 amide bonds. The van der Waals surface area contributed by atoms with E-state index in [-0.39, 0.29) is 23.2 Å². The van der Waals surface area contributed by atoms with Crippen molar-refractivity contribution < 1.29 is 14.5 Å². The fourth-order valence-corrected chi connectivity index (χ4v) is 4.74. The molecule has 0 aromatic heterocycles. The molecule has 3 fully saturated rings. The zero-order valence-electron chi connectivity index (χ0n) is 14.1. The normalized spacial score (nSPS) is 27.2. The van der Waals surface area contributed by atoms with Crippen LogP contribution in [0.5, 0.6) is 0 Å². The van der Waals surface area contributed by atoms with Crippen LogP contribution in [0.25, 0.3) is 10.8 Å². The van der Waals surface area contributed by atoms with Crippen molar-refractivity contribution in [1.29, 1.82) is 0 Å². The van der Waals surface area contributed by atoms with Crippen molar-refractivity contribution >= 4 is 28.3 Å². The first-order valence-electron chi connectivity index (χ1n) is 8.86. The molecule has 132 valence electrons. The number of hydrogen-bond acceptors (Lipinski definition) is 5. The van der Waals surface area contributed by atoms with Gasteiger partial charge in [-0.3, -0.25) is 24.6 Å². The Labute approximate surface area is 149 Å². The van der Waals surface area contributed by atoms with E-state index < -0.39 is 10.8 Å². The molecule has 26 heavy (non-hydrogen) atoms. The fourth-order valence-electron chi connectivity index (χ4n) is 4.74. The second-order valence-corrected chi connectivity index (χ2v) is 7.34. The minimum absolute atomic E-state index is 0.124. The van der Waals surface area contributed by atoms with Gasteiger partial charge in [-0.25, -0.2) is 0 Å². The van der Waals surface area contributed by atoms with E-state index in [1.54, 1.807) is 18.2 Å². The Kier molecular flexibility index (Phi) is 3.18. The van der Waals surface area contributed by atoms with Gasteiger partial charge < -0.3 is 4.90 Å². The molecule has 2 aromatic rings. The molecule has 2 aromatic carbocycles. The third kappa shape index (κ3) is 2.03. The maximum atomic E-state index is 13.2. The first-order valence-corrected chi connectivity index (χ1v) is 8.86. The number of nitro benzene ring substituents is 1. The van der Waals surface area contributed by atoms with Crippen LogP contribution in [0.2, 0.25) is 0 Å². The van der Waals surface area contributed by atoms with E-state index in [9.17, 15) is 19.7 Å². The van der Waals surface area contributed by atoms with Gasteiger partial charge in [0.05, 0.1) is 16.5 Å². The van der Waals surface area contributed by atoms with Crippen LogP contribution in [-0.4, -0.2) is 52.2 Å². The number of nitro groups is 1. The fraction of sp³-hybridized carbons (Fsp3) is 0.368. The number of nitrogens with zero attached hydrogens (tertiary/aromatic N) is 3. The summed E-state index contributed by atoms with van der Waals surface area (Å²) in [5.74, 6) is -0.366. The van der Waals surface area contributed by atoms with Crippen LogP contribution in [0.1, 0.15) is 33.6 Å². The van der Waals surface area contributed by atoms with Crippen LogP contribution in [0.15, 0.2) is 30.3 Å². The molecule has 0 saturated carbocycles. The summed E-state index contributed by atoms with van der Waals surface area (Å²) in [4.78, 5) is 40.8. The van der Waals surface area contributed by atoms with Crippen LogP contribution < -0.4 is 0 Å². The van der Waals surface area contributed by atoms with E-state index in [1.807, 2.05) is 0 Å². The smallest absolute Gasteiger partial charge is 0.270 e. The molecule has 3 saturated heterocycles. The quantitative estimate of drug-likeness (QED) is 0.471. The molecule has 1 atom stereocenters. The second kappa shape index (κ2) is 5.35. The number of benzene rings is 2. The molecule has 0 N–H and O–H groups in total. The molecule has 6 rings (SSSR count). The minimum Gasteiger partial charge on any atom is -0.301 e. The summed E-state index contributed by atoms with van der Waals surface area (Å²) >= 11 is 0. The van der Waals surface area contributed by atoms with E-state index in [4.69, 9.17) is 0 Å². The molecule has 0 aliphatic carbocycles. The first kappa shape index (κ1) is 15.5. The lowest BCUT2D eigenvalue weighted by Gasteiger charge is -2.48. The standard InChI is InChI=1S/C19H17N3O4/c23-18-14-3-1-2-12-8-13(22(25)26)9-15(17(12)14)19(24)21(18)16-10-20-6-4-11(16)5-7-20/h1-3,8-9,11,16H,4-7,10H2/t16-/m1/s1. The van der Waals surface area contributed by atoms with Gasteiger partial charge in [-0.1, -0.05) is 12.1 Å². The summed E-state index contributed by atoms with van der Waals surface area (Å²) in [6.45, 7) is 2.71. The number of piperidine rings is 3. The predicted molar refractivity (Wildman–Crippen MR) is 94.1 cm³/mol. The largest absolute Gasteiger partial charge is 0.301 e. The number of fused-ring (bicyclic) bond motifs is 3. The Morgan fingerprint density at radius 2 is 1.77 bits per heavy atom. The third-order valence-electron chi connectivity index (χ3n) is 6.02. The Morgan fingerprint density at radius 3 is 2.42 bits per heavy atom. The number of non-ortho nitro benzene ring substituents is 1. The average molecular weight is 351 g/mol. The average Bonchev–Trinajstić information content (AvgIpc) is 2.66. The molecule has 7 heteroatoms. The maximum absolute atomic E-state index is 13.2. The van der Waals surface area contributed by atoms with Gasteiger partial charge >= 0.3 is 0 Å². The molecule has 4 aliphatic heterocycles. The summed E-state index contributed by atoms with van der Waals surface area (Å²) in [7, 11) is 0.